The maximum atomic E-state index is 2.48. The molecule has 9 aromatic carbocycles. The predicted octanol–water partition coefficient (Wildman–Crippen LogP) is 15.7. The van der Waals surface area contributed by atoms with Gasteiger partial charge in [0.25, 0.3) is 0 Å². The molecule has 286 valence electrons. The Bertz CT molecular complexity index is 3110. The summed E-state index contributed by atoms with van der Waals surface area (Å²) < 4.78 is 2.45. The molecule has 0 amide bonds. The number of para-hydroxylation sites is 4. The Morgan fingerprint density at radius 3 is 1.57 bits per heavy atom. The van der Waals surface area contributed by atoms with Crippen LogP contribution < -0.4 is 9.80 Å². The van der Waals surface area contributed by atoms with Gasteiger partial charge in [0.2, 0.25) is 0 Å². The standard InChI is InChI=1S/C57H43N3/c1-57(2)51-29-17-15-27-48(51)50-37-46(35-36-52(50)57)59(44-25-13-6-14-26-44)54-38-47(58(42-21-9-4-10-22-42)43-23-11-5-12-24-43)39-55-56(54)49-28-16-18-30-53(49)60(55)45-33-31-41(32-34-45)40-19-7-3-8-20-40/h3-39H,1-2H3. The van der Waals surface area contributed by atoms with Crippen LogP contribution in [0.25, 0.3) is 49.7 Å². The van der Waals surface area contributed by atoms with Crippen LogP contribution in [0, 0.1) is 0 Å². The Balaban J connectivity index is 1.23. The van der Waals surface area contributed by atoms with Crippen molar-refractivity contribution in [3.05, 3.63) is 236 Å². The Morgan fingerprint density at radius 1 is 0.367 bits per heavy atom. The lowest BCUT2D eigenvalue weighted by Gasteiger charge is -2.31. The normalized spacial score (nSPS) is 12.6. The Morgan fingerprint density at radius 2 is 0.900 bits per heavy atom. The average molecular weight is 770 g/mol. The van der Waals surface area contributed by atoms with Gasteiger partial charge in [-0.25, -0.2) is 0 Å². The summed E-state index contributed by atoms with van der Waals surface area (Å²) in [7, 11) is 0. The van der Waals surface area contributed by atoms with Crippen molar-refractivity contribution in [2.24, 2.45) is 0 Å². The summed E-state index contributed by atoms with van der Waals surface area (Å²) in [6.07, 6.45) is 0. The lowest BCUT2D eigenvalue weighted by Crippen LogP contribution is -2.16. The van der Waals surface area contributed by atoms with Crippen LogP contribution in [0.2, 0.25) is 0 Å². The van der Waals surface area contributed by atoms with Crippen LogP contribution >= 0.6 is 0 Å². The lowest BCUT2D eigenvalue weighted by atomic mass is 9.82. The molecule has 1 aliphatic carbocycles. The predicted molar refractivity (Wildman–Crippen MR) is 253 cm³/mol. The van der Waals surface area contributed by atoms with E-state index in [1.54, 1.807) is 0 Å². The summed E-state index contributed by atoms with van der Waals surface area (Å²) in [5.74, 6) is 0. The maximum absolute atomic E-state index is 2.48. The fourth-order valence-corrected chi connectivity index (χ4v) is 9.53. The van der Waals surface area contributed by atoms with E-state index in [-0.39, 0.29) is 5.41 Å². The molecule has 0 saturated heterocycles. The van der Waals surface area contributed by atoms with Crippen molar-refractivity contribution in [1.82, 2.24) is 4.57 Å². The summed E-state index contributed by atoms with van der Waals surface area (Å²) in [6, 6.07) is 81.6. The zero-order valence-electron chi connectivity index (χ0n) is 33.7. The first-order valence-corrected chi connectivity index (χ1v) is 20.8. The van der Waals surface area contributed by atoms with Crippen LogP contribution in [0.3, 0.4) is 0 Å². The second-order valence-corrected chi connectivity index (χ2v) is 16.2. The molecular formula is C57H43N3. The number of hydrogen-bond acceptors (Lipinski definition) is 2. The van der Waals surface area contributed by atoms with Gasteiger partial charge in [-0.1, -0.05) is 159 Å². The van der Waals surface area contributed by atoms with Crippen molar-refractivity contribution in [3.8, 4) is 27.9 Å². The zero-order valence-corrected chi connectivity index (χ0v) is 33.7. The van der Waals surface area contributed by atoms with Crippen LogP contribution in [0.15, 0.2) is 224 Å². The number of nitrogens with zero attached hydrogens (tertiary/aromatic N) is 3. The topological polar surface area (TPSA) is 11.4 Å². The van der Waals surface area contributed by atoms with Crippen LogP contribution in [0.1, 0.15) is 25.0 Å². The number of rotatable bonds is 8. The Kier molecular flexibility index (Phi) is 8.49. The highest BCUT2D eigenvalue weighted by atomic mass is 15.2. The highest BCUT2D eigenvalue weighted by Crippen LogP contribution is 2.52. The molecule has 0 unspecified atom stereocenters. The third-order valence-electron chi connectivity index (χ3n) is 12.3. The van der Waals surface area contributed by atoms with Gasteiger partial charge in [-0.3, -0.25) is 0 Å². The molecule has 1 aliphatic rings. The highest BCUT2D eigenvalue weighted by Gasteiger charge is 2.36. The fourth-order valence-electron chi connectivity index (χ4n) is 9.53. The number of benzene rings is 9. The highest BCUT2D eigenvalue weighted by molar-refractivity contribution is 6.18. The molecule has 0 atom stereocenters. The van der Waals surface area contributed by atoms with E-state index in [0.717, 1.165) is 50.8 Å². The molecule has 1 aromatic heterocycles. The molecule has 0 N–H and O–H groups in total. The summed E-state index contributed by atoms with van der Waals surface area (Å²) in [4.78, 5) is 4.86. The zero-order chi connectivity index (χ0) is 40.2. The molecule has 3 heteroatoms. The largest absolute Gasteiger partial charge is 0.310 e. The van der Waals surface area contributed by atoms with Gasteiger partial charge in [0.1, 0.15) is 0 Å². The molecule has 0 spiro atoms. The third-order valence-corrected chi connectivity index (χ3v) is 12.3. The fraction of sp³-hybridized carbons (Fsp3) is 0.0526. The van der Waals surface area contributed by atoms with Crippen molar-refractivity contribution >= 4 is 55.9 Å². The lowest BCUT2D eigenvalue weighted by molar-refractivity contribution is 0.660. The smallest absolute Gasteiger partial charge is 0.0583 e. The second kappa shape index (κ2) is 14.3. The Labute approximate surface area is 351 Å². The van der Waals surface area contributed by atoms with Crippen molar-refractivity contribution in [2.45, 2.75) is 19.3 Å². The molecule has 0 radical (unpaired) electrons. The summed E-state index contributed by atoms with van der Waals surface area (Å²) in [5, 5.41) is 2.38. The van der Waals surface area contributed by atoms with Crippen molar-refractivity contribution in [3.63, 3.8) is 0 Å². The Hall–Kier alpha value is -7.62. The van der Waals surface area contributed by atoms with Gasteiger partial charge in [0, 0.05) is 44.6 Å². The van der Waals surface area contributed by atoms with E-state index in [4.69, 9.17) is 0 Å². The summed E-state index contributed by atoms with van der Waals surface area (Å²) >= 11 is 0. The molecule has 0 bridgehead atoms. The first-order valence-electron chi connectivity index (χ1n) is 20.8. The minimum atomic E-state index is -0.0927. The first kappa shape index (κ1) is 35.5. The molecule has 3 nitrogen and oxygen atoms in total. The second-order valence-electron chi connectivity index (χ2n) is 16.2. The minimum Gasteiger partial charge on any atom is -0.310 e. The molecule has 60 heavy (non-hydrogen) atoms. The van der Waals surface area contributed by atoms with Gasteiger partial charge >= 0.3 is 0 Å². The molecule has 0 saturated carbocycles. The quantitative estimate of drug-likeness (QED) is 0.152. The van der Waals surface area contributed by atoms with Crippen molar-refractivity contribution < 1.29 is 0 Å². The van der Waals surface area contributed by atoms with Crippen LogP contribution in [-0.2, 0) is 5.41 Å². The van der Waals surface area contributed by atoms with Gasteiger partial charge in [-0.05, 0) is 112 Å². The molecular weight excluding hydrogens is 727 g/mol. The summed E-state index contributed by atoms with van der Waals surface area (Å²) in [6.45, 7) is 4.70. The van der Waals surface area contributed by atoms with E-state index in [9.17, 15) is 0 Å². The summed E-state index contributed by atoms with van der Waals surface area (Å²) in [5.41, 5.74) is 17.6. The van der Waals surface area contributed by atoms with E-state index in [2.05, 4.69) is 253 Å². The van der Waals surface area contributed by atoms with E-state index in [1.165, 1.54) is 44.2 Å². The van der Waals surface area contributed by atoms with E-state index in [1.807, 2.05) is 0 Å². The van der Waals surface area contributed by atoms with Crippen molar-refractivity contribution in [1.29, 1.82) is 0 Å². The molecule has 11 rings (SSSR count). The van der Waals surface area contributed by atoms with Crippen LogP contribution in [-0.4, -0.2) is 4.57 Å². The van der Waals surface area contributed by atoms with Gasteiger partial charge < -0.3 is 14.4 Å². The number of aromatic nitrogens is 1. The first-order chi connectivity index (χ1) is 29.5. The van der Waals surface area contributed by atoms with E-state index < -0.39 is 0 Å². The molecule has 1 heterocycles. The number of hydrogen-bond donors (Lipinski definition) is 0. The van der Waals surface area contributed by atoms with Crippen LogP contribution in [0.4, 0.5) is 34.1 Å². The molecule has 0 fully saturated rings. The van der Waals surface area contributed by atoms with E-state index in [0.29, 0.717) is 0 Å². The minimum absolute atomic E-state index is 0.0927. The van der Waals surface area contributed by atoms with E-state index >= 15 is 0 Å². The number of anilines is 6. The molecule has 0 aliphatic heterocycles. The van der Waals surface area contributed by atoms with Gasteiger partial charge in [0.05, 0.1) is 22.4 Å². The maximum Gasteiger partial charge on any atom is 0.0583 e. The monoisotopic (exact) mass is 769 g/mol. The SMILES string of the molecule is CC1(C)c2ccccc2-c2cc(N(c3ccccc3)c3cc(N(c4ccccc4)c4ccccc4)cc4c3c3ccccc3n4-c3ccc(-c4ccccc4)cc3)ccc21. The number of fused-ring (bicyclic) bond motifs is 6. The van der Waals surface area contributed by atoms with Gasteiger partial charge in [-0.2, -0.15) is 0 Å². The van der Waals surface area contributed by atoms with Gasteiger partial charge in [-0.15, -0.1) is 0 Å². The third kappa shape index (κ3) is 5.81. The van der Waals surface area contributed by atoms with Crippen molar-refractivity contribution in [2.75, 3.05) is 9.80 Å². The average Bonchev–Trinajstić information content (AvgIpc) is 3.76. The molecule has 10 aromatic rings. The van der Waals surface area contributed by atoms with Gasteiger partial charge in [0.15, 0.2) is 0 Å². The van der Waals surface area contributed by atoms with Crippen LogP contribution in [0.5, 0.6) is 0 Å².